The Morgan fingerprint density at radius 1 is 0.914 bits per heavy atom. The van der Waals surface area contributed by atoms with Crippen LogP contribution in [0.4, 0.5) is 5.69 Å². The molecule has 3 aromatic carbocycles. The second-order valence-electron chi connectivity index (χ2n) is 7.97. The number of nitrogens with zero attached hydrogens (tertiary/aromatic N) is 3. The van der Waals surface area contributed by atoms with Crippen molar-refractivity contribution in [2.75, 3.05) is 29.7 Å². The Labute approximate surface area is 242 Å². The summed E-state index contributed by atoms with van der Waals surface area (Å²) in [6.07, 6.45) is 1.98. The number of hydrogen-bond donors (Lipinski definition) is 1. The highest BCUT2D eigenvalue weighted by Crippen LogP contribution is 2.31. The van der Waals surface area contributed by atoms with Crippen LogP contribution in [0.3, 0.4) is 0 Å². The summed E-state index contributed by atoms with van der Waals surface area (Å²) in [6, 6.07) is 20.8. The summed E-state index contributed by atoms with van der Waals surface area (Å²) in [7, 11) is 0. The van der Waals surface area contributed by atoms with Crippen molar-refractivity contribution < 1.29 is 4.79 Å². The van der Waals surface area contributed by atoms with Crippen LogP contribution in [0.2, 0.25) is 0 Å². The number of rotatable bonds is 10. The first kappa shape index (κ1) is 26.5. The lowest BCUT2D eigenvalue weighted by atomic mass is 10.2. The first-order valence-corrected chi connectivity index (χ1v) is 14.4. The van der Waals surface area contributed by atoms with E-state index >= 15 is 0 Å². The van der Waals surface area contributed by atoms with Crippen molar-refractivity contribution in [1.82, 2.24) is 9.99 Å². The zero-order valence-electron chi connectivity index (χ0n) is 18.9. The molecule has 9 heteroatoms. The molecule has 0 unspecified atom stereocenters. The Bertz CT molecular complexity index is 1290. The summed E-state index contributed by atoms with van der Waals surface area (Å²) in [5.41, 5.74) is 6.88. The third kappa shape index (κ3) is 6.61. The zero-order valence-corrected chi connectivity index (χ0v) is 24.7. The van der Waals surface area contributed by atoms with Crippen molar-refractivity contribution in [1.29, 1.82) is 0 Å². The van der Waals surface area contributed by atoms with Crippen molar-refractivity contribution in [3.8, 4) is 0 Å². The minimum Gasteiger partial charge on any atom is -0.369 e. The predicted molar refractivity (Wildman–Crippen MR) is 165 cm³/mol. The van der Waals surface area contributed by atoms with Gasteiger partial charge in [0.05, 0.1) is 6.21 Å². The van der Waals surface area contributed by atoms with E-state index in [2.05, 4.69) is 102 Å². The van der Waals surface area contributed by atoms with Gasteiger partial charge in [-0.15, -0.1) is 23.2 Å². The van der Waals surface area contributed by atoms with Gasteiger partial charge in [-0.3, -0.25) is 4.79 Å². The van der Waals surface area contributed by atoms with E-state index in [0.29, 0.717) is 24.7 Å². The van der Waals surface area contributed by atoms with Gasteiger partial charge in [0.25, 0.3) is 0 Å². The van der Waals surface area contributed by atoms with Gasteiger partial charge in [0.1, 0.15) is 0 Å². The molecule has 0 aliphatic rings. The zero-order chi connectivity index (χ0) is 24.8. The number of carbonyl (C=O) groups is 1. The summed E-state index contributed by atoms with van der Waals surface area (Å²) in [5.74, 6) is 0.956. The molecule has 1 aromatic heterocycles. The number of alkyl halides is 2. The number of halogens is 4. The van der Waals surface area contributed by atoms with Crippen LogP contribution in [0.15, 0.2) is 65.8 Å². The van der Waals surface area contributed by atoms with E-state index in [-0.39, 0.29) is 5.91 Å². The van der Waals surface area contributed by atoms with E-state index in [1.165, 1.54) is 17.9 Å². The second-order valence-corrected chi connectivity index (χ2v) is 11.2. The fourth-order valence-electron chi connectivity index (χ4n) is 4.08. The molecule has 0 saturated carbocycles. The van der Waals surface area contributed by atoms with Crippen LogP contribution in [-0.4, -0.2) is 41.5 Å². The van der Waals surface area contributed by atoms with E-state index in [9.17, 15) is 4.79 Å². The number of hydrazone groups is 1. The number of aryl methyl sites for hydroxylation is 1. The van der Waals surface area contributed by atoms with Gasteiger partial charge in [-0.25, -0.2) is 5.43 Å². The monoisotopic (exact) mass is 732 g/mol. The summed E-state index contributed by atoms with van der Waals surface area (Å²) in [5, 5.41) is 6.57. The Hall–Kier alpha value is -1.56. The van der Waals surface area contributed by atoms with Crippen molar-refractivity contribution in [3.63, 3.8) is 0 Å². The van der Waals surface area contributed by atoms with Crippen molar-refractivity contribution in [3.05, 3.63) is 73.4 Å². The molecule has 1 amide bonds. The van der Waals surface area contributed by atoms with E-state index in [4.69, 9.17) is 23.2 Å². The highest BCUT2D eigenvalue weighted by molar-refractivity contribution is 14.1. The van der Waals surface area contributed by atoms with Crippen LogP contribution in [0.25, 0.3) is 21.8 Å². The van der Waals surface area contributed by atoms with E-state index in [0.717, 1.165) is 35.4 Å². The molecular formula is C26H24Cl2I2N4O. The van der Waals surface area contributed by atoms with Crippen LogP contribution in [0, 0.1) is 7.14 Å². The third-order valence-corrected chi connectivity index (χ3v) is 7.40. The van der Waals surface area contributed by atoms with Gasteiger partial charge in [-0.05, 0) is 99.3 Å². The van der Waals surface area contributed by atoms with Gasteiger partial charge < -0.3 is 9.47 Å². The molecule has 4 rings (SSSR count). The lowest BCUT2D eigenvalue weighted by molar-refractivity contribution is -0.121. The Morgan fingerprint density at radius 2 is 1.49 bits per heavy atom. The maximum Gasteiger partial charge on any atom is 0.241 e. The average Bonchev–Trinajstić information content (AvgIpc) is 3.15. The topological polar surface area (TPSA) is 49.6 Å². The maximum atomic E-state index is 12.5. The molecular weight excluding hydrogens is 709 g/mol. The van der Waals surface area contributed by atoms with Crippen LogP contribution < -0.4 is 10.3 Å². The number of nitrogens with one attached hydrogen (secondary N) is 1. The fourth-order valence-corrected chi connectivity index (χ4v) is 5.47. The molecule has 182 valence electrons. The quantitative estimate of drug-likeness (QED) is 0.0842. The number of aromatic nitrogens is 1. The van der Waals surface area contributed by atoms with Gasteiger partial charge >= 0.3 is 0 Å². The number of benzene rings is 3. The minimum atomic E-state index is -0.126. The van der Waals surface area contributed by atoms with Crippen LogP contribution in [-0.2, 0) is 11.3 Å². The molecule has 0 aliphatic carbocycles. The Kier molecular flexibility index (Phi) is 9.54. The summed E-state index contributed by atoms with van der Waals surface area (Å²) in [4.78, 5) is 14.7. The Balaban J connectivity index is 1.40. The van der Waals surface area contributed by atoms with Gasteiger partial charge in [0.2, 0.25) is 5.91 Å². The highest BCUT2D eigenvalue weighted by atomic mass is 127. The first-order valence-electron chi connectivity index (χ1n) is 11.2. The fraction of sp³-hybridized carbons (Fsp3) is 0.231. The van der Waals surface area contributed by atoms with Gasteiger partial charge in [-0.2, -0.15) is 5.10 Å². The van der Waals surface area contributed by atoms with E-state index < -0.39 is 0 Å². The molecule has 35 heavy (non-hydrogen) atoms. The molecule has 0 spiro atoms. The van der Waals surface area contributed by atoms with Crippen LogP contribution in [0.1, 0.15) is 12.0 Å². The van der Waals surface area contributed by atoms with Crippen molar-refractivity contribution >= 4 is 108 Å². The number of carbonyl (C=O) groups excluding carboxylic acids is 1. The molecule has 5 nitrogen and oxygen atoms in total. The summed E-state index contributed by atoms with van der Waals surface area (Å²) in [6.45, 7) is 2.05. The largest absolute Gasteiger partial charge is 0.369 e. The SMILES string of the molecule is O=C(CCn1c2ccc(I)cc2c2cc(I)ccc21)N/N=C\c1ccc(N(CCCl)CCCl)cc1. The minimum absolute atomic E-state index is 0.126. The van der Waals surface area contributed by atoms with Gasteiger partial charge in [-0.1, -0.05) is 12.1 Å². The Morgan fingerprint density at radius 3 is 2.03 bits per heavy atom. The van der Waals surface area contributed by atoms with Crippen LogP contribution >= 0.6 is 68.4 Å². The normalized spacial score (nSPS) is 11.5. The molecule has 0 saturated heterocycles. The molecule has 0 fully saturated rings. The van der Waals surface area contributed by atoms with Crippen molar-refractivity contribution in [2.24, 2.45) is 5.10 Å². The van der Waals surface area contributed by atoms with E-state index in [1.54, 1.807) is 6.21 Å². The average molecular weight is 733 g/mol. The standard InChI is InChI=1S/C26H24Cl2I2N4O/c27-10-13-33(14-11-28)21-5-1-18(2-6-21)17-31-32-26(35)9-12-34-24-7-3-19(29)15-22(24)23-16-20(30)4-8-25(23)34/h1-8,15-17H,9-14H2,(H,32,35)/b31-17-. The smallest absolute Gasteiger partial charge is 0.241 e. The molecule has 0 bridgehead atoms. The summed E-state index contributed by atoms with van der Waals surface area (Å²) >= 11 is 16.5. The molecule has 4 aromatic rings. The molecule has 1 heterocycles. The summed E-state index contributed by atoms with van der Waals surface area (Å²) < 4.78 is 4.60. The lowest BCUT2D eigenvalue weighted by Gasteiger charge is -2.22. The molecule has 0 aliphatic heterocycles. The number of hydrogen-bond acceptors (Lipinski definition) is 3. The predicted octanol–water partition coefficient (Wildman–Crippen LogP) is 6.83. The second kappa shape index (κ2) is 12.6. The first-order chi connectivity index (χ1) is 17.0. The van der Waals surface area contributed by atoms with Crippen LogP contribution in [0.5, 0.6) is 0 Å². The molecule has 0 atom stereocenters. The molecule has 1 N–H and O–H groups in total. The maximum absolute atomic E-state index is 12.5. The third-order valence-electron chi connectivity index (χ3n) is 5.72. The number of fused-ring (bicyclic) bond motifs is 3. The number of anilines is 1. The lowest BCUT2D eigenvalue weighted by Crippen LogP contribution is -2.27. The van der Waals surface area contributed by atoms with Gasteiger partial charge in [0.15, 0.2) is 0 Å². The van der Waals surface area contributed by atoms with E-state index in [1.807, 2.05) is 24.3 Å². The van der Waals surface area contributed by atoms with Gasteiger partial charge in [0, 0.05) is 72.4 Å². The molecule has 0 radical (unpaired) electrons. The highest BCUT2D eigenvalue weighted by Gasteiger charge is 2.12. The van der Waals surface area contributed by atoms with Crippen molar-refractivity contribution in [2.45, 2.75) is 13.0 Å². The number of amides is 1.